The Bertz CT molecular complexity index is 1890. The number of morpholine rings is 1. The van der Waals surface area contributed by atoms with Gasteiger partial charge in [-0.15, -0.1) is 0 Å². The summed E-state index contributed by atoms with van der Waals surface area (Å²) in [7, 11) is 3.07. The summed E-state index contributed by atoms with van der Waals surface area (Å²) in [5, 5.41) is 10.3. The number of thioether (sulfide) groups is 1. The number of methoxy groups -OCH3 is 2. The molecule has 3 heterocycles. The fourth-order valence-electron chi connectivity index (χ4n) is 5.71. The lowest BCUT2D eigenvalue weighted by atomic mass is 9.99. The van der Waals surface area contributed by atoms with E-state index in [1.165, 1.54) is 31.0 Å². The first-order chi connectivity index (χ1) is 23.8. The second-order valence-corrected chi connectivity index (χ2v) is 13.1. The third kappa shape index (κ3) is 8.02. The number of aromatic carboxylic acids is 1. The molecule has 0 unspecified atom stereocenters. The first-order valence-corrected chi connectivity index (χ1v) is 17.1. The van der Waals surface area contributed by atoms with Crippen molar-refractivity contribution in [3.8, 4) is 34.1 Å². The maximum atomic E-state index is 13.5. The number of carboxylic acids is 1. The molecule has 0 spiro atoms. The first kappa shape index (κ1) is 34.3. The van der Waals surface area contributed by atoms with Crippen LogP contribution in [0.2, 0.25) is 0 Å². The number of thiocarbonyl (C=S) groups is 1. The summed E-state index contributed by atoms with van der Waals surface area (Å²) in [6.45, 7) is 5.08. The number of benzene rings is 3. The molecule has 2 aliphatic rings. The van der Waals surface area contributed by atoms with E-state index >= 15 is 0 Å². The van der Waals surface area contributed by atoms with E-state index in [1.54, 1.807) is 18.1 Å². The second-order valence-electron chi connectivity index (χ2n) is 11.4. The lowest BCUT2D eigenvalue weighted by Crippen LogP contribution is -2.38. The van der Waals surface area contributed by atoms with E-state index in [0.717, 1.165) is 60.4 Å². The van der Waals surface area contributed by atoms with Crippen molar-refractivity contribution in [3.63, 3.8) is 0 Å². The Kier molecular flexibility index (Phi) is 11.0. The molecule has 6 rings (SSSR count). The highest BCUT2D eigenvalue weighted by atomic mass is 32.2. The van der Waals surface area contributed by atoms with Crippen LogP contribution in [0, 0.1) is 0 Å². The number of H-pyrrole nitrogens is 1. The van der Waals surface area contributed by atoms with Crippen LogP contribution in [0.15, 0.2) is 65.7 Å². The average molecular weight is 704 g/mol. The van der Waals surface area contributed by atoms with Crippen molar-refractivity contribution in [2.45, 2.75) is 6.42 Å². The number of nitrogens with one attached hydrogen (secondary N) is 1. The predicted molar refractivity (Wildman–Crippen MR) is 193 cm³/mol. The minimum absolute atomic E-state index is 0.103. The fourth-order valence-corrected chi connectivity index (χ4v) is 7.02. The molecular formula is C36H37N3O8S2. The number of carboxylic acid groups (broad SMARTS) is 1. The van der Waals surface area contributed by atoms with E-state index in [4.69, 9.17) is 35.9 Å². The van der Waals surface area contributed by atoms with Gasteiger partial charge in [-0.1, -0.05) is 30.0 Å². The number of fused-ring (bicyclic) bond motifs is 1. The molecule has 2 aliphatic heterocycles. The largest absolute Gasteiger partial charge is 0.493 e. The van der Waals surface area contributed by atoms with Crippen molar-refractivity contribution >= 4 is 57.2 Å². The number of carbonyl (C=O) groups is 2. The number of hydrogen-bond donors (Lipinski definition) is 2. The summed E-state index contributed by atoms with van der Waals surface area (Å²) in [5.74, 6) is 0.725. The molecule has 13 heteroatoms. The van der Waals surface area contributed by atoms with Gasteiger partial charge in [0, 0.05) is 43.5 Å². The molecule has 49 heavy (non-hydrogen) atoms. The third-order valence-corrected chi connectivity index (χ3v) is 9.66. The Morgan fingerprint density at radius 3 is 2.57 bits per heavy atom. The van der Waals surface area contributed by atoms with E-state index in [2.05, 4.69) is 16.0 Å². The fraction of sp³-hybridized carbons (Fsp3) is 0.306. The van der Waals surface area contributed by atoms with Gasteiger partial charge >= 0.3 is 5.97 Å². The van der Waals surface area contributed by atoms with Crippen LogP contribution in [0.3, 0.4) is 0 Å². The number of amides is 1. The molecule has 256 valence electrons. The normalized spacial score (nSPS) is 16.0. The van der Waals surface area contributed by atoms with Gasteiger partial charge in [-0.2, -0.15) is 0 Å². The molecule has 0 atom stereocenters. The molecular weight excluding hydrogens is 667 g/mol. The molecule has 1 aromatic heterocycles. The lowest BCUT2D eigenvalue weighted by Gasteiger charge is -2.26. The summed E-state index contributed by atoms with van der Waals surface area (Å²) in [4.78, 5) is 32.4. The Morgan fingerprint density at radius 1 is 0.980 bits per heavy atom. The highest BCUT2D eigenvalue weighted by Gasteiger charge is 2.32. The number of aromatic nitrogens is 1. The van der Waals surface area contributed by atoms with Crippen LogP contribution in [0.4, 0.5) is 0 Å². The maximum absolute atomic E-state index is 13.5. The van der Waals surface area contributed by atoms with Crippen LogP contribution >= 0.6 is 24.0 Å². The molecule has 2 fully saturated rings. The summed E-state index contributed by atoms with van der Waals surface area (Å²) in [6, 6.07) is 16.5. The van der Waals surface area contributed by atoms with Crippen molar-refractivity contribution < 1.29 is 38.4 Å². The quantitative estimate of drug-likeness (QED) is 0.0923. The van der Waals surface area contributed by atoms with E-state index in [1.807, 2.05) is 42.6 Å². The minimum Gasteiger partial charge on any atom is -0.493 e. The number of aromatic amines is 1. The molecule has 0 aliphatic carbocycles. The van der Waals surface area contributed by atoms with Gasteiger partial charge in [0.1, 0.15) is 10.9 Å². The van der Waals surface area contributed by atoms with Gasteiger partial charge in [0.2, 0.25) is 0 Å². The highest BCUT2D eigenvalue weighted by Crippen LogP contribution is 2.42. The van der Waals surface area contributed by atoms with E-state index in [-0.39, 0.29) is 18.1 Å². The van der Waals surface area contributed by atoms with Crippen LogP contribution in [0.25, 0.3) is 28.1 Å². The van der Waals surface area contributed by atoms with E-state index < -0.39 is 5.97 Å². The van der Waals surface area contributed by atoms with Gasteiger partial charge < -0.3 is 33.8 Å². The molecule has 0 radical (unpaired) electrons. The zero-order valence-electron chi connectivity index (χ0n) is 27.2. The van der Waals surface area contributed by atoms with Gasteiger partial charge in [0.15, 0.2) is 23.0 Å². The van der Waals surface area contributed by atoms with Crippen LogP contribution < -0.4 is 18.9 Å². The van der Waals surface area contributed by atoms with E-state index in [0.29, 0.717) is 51.8 Å². The Morgan fingerprint density at radius 2 is 1.80 bits per heavy atom. The second kappa shape index (κ2) is 15.8. The zero-order valence-corrected chi connectivity index (χ0v) is 28.9. The summed E-state index contributed by atoms with van der Waals surface area (Å²) in [6.07, 6.45) is 4.25. The molecule has 2 N–H and O–H groups in total. The smallest absolute Gasteiger partial charge is 0.335 e. The van der Waals surface area contributed by atoms with Crippen molar-refractivity contribution in [3.05, 3.63) is 76.8 Å². The Labute approximate surface area is 293 Å². The standard InChI is InChI=1S/C36H37N3O8S2/c1-43-30-22-26(35(41)42)5-7-29(30)46-14-3-10-39-34(40)32(49-36(39)48)20-23-18-27(24-4-6-28-25(21-24)8-9-37-28)33(31(19-23)44-2)47-17-13-38-11-15-45-16-12-38/h4-9,18-22,37H,3,10-17H2,1-2H3,(H,41,42). The number of rotatable bonds is 14. The number of nitrogens with zero attached hydrogens (tertiary/aromatic N) is 2. The molecule has 0 saturated carbocycles. The third-order valence-electron chi connectivity index (χ3n) is 8.28. The molecule has 11 nitrogen and oxygen atoms in total. The van der Waals surface area contributed by atoms with Gasteiger partial charge in [0.25, 0.3) is 5.91 Å². The Balaban J connectivity index is 1.18. The van der Waals surface area contributed by atoms with Crippen molar-refractivity contribution in [1.29, 1.82) is 0 Å². The van der Waals surface area contributed by atoms with Crippen LogP contribution in [0.1, 0.15) is 22.3 Å². The number of carbonyl (C=O) groups excluding carboxylic acids is 1. The van der Waals surface area contributed by atoms with Crippen LogP contribution in [0.5, 0.6) is 23.0 Å². The molecule has 3 aromatic carbocycles. The van der Waals surface area contributed by atoms with Gasteiger partial charge in [0.05, 0.1) is 44.5 Å². The summed E-state index contributed by atoms with van der Waals surface area (Å²) < 4.78 is 29.3. The summed E-state index contributed by atoms with van der Waals surface area (Å²) >= 11 is 6.85. The summed E-state index contributed by atoms with van der Waals surface area (Å²) in [5.41, 5.74) is 3.73. The topological polar surface area (TPSA) is 123 Å². The molecule has 4 aromatic rings. The first-order valence-electron chi connectivity index (χ1n) is 15.9. The van der Waals surface area contributed by atoms with Crippen LogP contribution in [-0.2, 0) is 9.53 Å². The highest BCUT2D eigenvalue weighted by molar-refractivity contribution is 8.26. The minimum atomic E-state index is -1.05. The molecule has 0 bridgehead atoms. The van der Waals surface area contributed by atoms with Crippen molar-refractivity contribution in [2.75, 3.05) is 66.8 Å². The van der Waals surface area contributed by atoms with Crippen molar-refractivity contribution in [1.82, 2.24) is 14.8 Å². The number of hydrogen-bond acceptors (Lipinski definition) is 10. The number of ether oxygens (including phenoxy) is 5. The van der Waals surface area contributed by atoms with E-state index in [9.17, 15) is 14.7 Å². The monoisotopic (exact) mass is 703 g/mol. The van der Waals surface area contributed by atoms with Gasteiger partial charge in [-0.05, 0) is 77.5 Å². The molecule has 2 saturated heterocycles. The zero-order chi connectivity index (χ0) is 34.3. The average Bonchev–Trinajstić information content (AvgIpc) is 3.69. The predicted octanol–water partition coefficient (Wildman–Crippen LogP) is 5.93. The van der Waals surface area contributed by atoms with Gasteiger partial charge in [-0.3, -0.25) is 14.6 Å². The van der Waals surface area contributed by atoms with Crippen molar-refractivity contribution in [2.24, 2.45) is 0 Å². The lowest BCUT2D eigenvalue weighted by molar-refractivity contribution is -0.122. The SMILES string of the molecule is COc1cc(C(=O)O)ccc1OCCCN1C(=O)C(=Cc2cc(OC)c(OCCN3CCOCC3)c(-c3ccc4[nH]ccc4c3)c2)SC1=S. The Hall–Kier alpha value is -4.56. The maximum Gasteiger partial charge on any atom is 0.335 e. The van der Waals surface area contributed by atoms with Crippen LogP contribution in [-0.4, -0.2) is 103 Å². The van der Waals surface area contributed by atoms with Gasteiger partial charge in [-0.25, -0.2) is 4.79 Å². The molecule has 1 amide bonds.